The fourth-order valence-electron chi connectivity index (χ4n) is 3.91. The topological polar surface area (TPSA) is 18.5 Å². The highest BCUT2D eigenvalue weighted by Gasteiger charge is 2.19. The smallest absolute Gasteiger partial charge is 0.227 e. The Hall–Kier alpha value is -2.32. The fraction of sp³-hybridized carbons (Fsp3) is 0.385. The third-order valence-corrected chi connectivity index (χ3v) is 5.37. The lowest BCUT2D eigenvalue weighted by Crippen LogP contribution is -2.11. The van der Waals surface area contributed by atoms with Crippen molar-refractivity contribution in [2.75, 3.05) is 7.11 Å². The predicted octanol–water partition coefficient (Wildman–Crippen LogP) is 7.35. The average molecular weight is 377 g/mol. The van der Waals surface area contributed by atoms with Gasteiger partial charge in [-0.2, -0.15) is 0 Å². The van der Waals surface area contributed by atoms with E-state index in [1.807, 2.05) is 6.07 Å². The molecule has 0 fully saturated rings. The van der Waals surface area contributed by atoms with Crippen molar-refractivity contribution in [2.24, 2.45) is 11.8 Å². The van der Waals surface area contributed by atoms with E-state index in [1.54, 1.807) is 7.11 Å². The summed E-state index contributed by atoms with van der Waals surface area (Å²) in [5.41, 5.74) is 2.43. The molecule has 3 aromatic carbocycles. The molecule has 2 unspecified atom stereocenters. The molecule has 0 spiro atoms. The molecular weight excluding hydrogens is 344 g/mol. The monoisotopic (exact) mass is 376 g/mol. The van der Waals surface area contributed by atoms with Crippen molar-refractivity contribution in [1.29, 1.82) is 0 Å². The molecule has 3 aromatic rings. The molecule has 0 aliphatic rings. The van der Waals surface area contributed by atoms with E-state index in [-0.39, 0.29) is 0 Å². The van der Waals surface area contributed by atoms with Crippen molar-refractivity contribution in [3.8, 4) is 5.75 Å². The number of benzene rings is 3. The Bertz CT molecular complexity index is 875. The normalized spacial score (nSPS) is 13.8. The number of methoxy groups -OCH3 is 1. The molecule has 0 heterocycles. The number of ether oxygens (including phenoxy) is 2. The first-order chi connectivity index (χ1) is 13.5. The van der Waals surface area contributed by atoms with Crippen molar-refractivity contribution in [3.05, 3.63) is 77.9 Å². The number of hydrogen-bond acceptors (Lipinski definition) is 2. The van der Waals surface area contributed by atoms with E-state index in [4.69, 9.17) is 9.47 Å². The van der Waals surface area contributed by atoms with Gasteiger partial charge >= 0.3 is 0 Å². The Morgan fingerprint density at radius 1 is 0.786 bits per heavy atom. The summed E-state index contributed by atoms with van der Waals surface area (Å²) in [6.45, 7) is 9.19. The molecule has 0 saturated carbocycles. The van der Waals surface area contributed by atoms with E-state index in [0.717, 1.165) is 16.7 Å². The summed E-state index contributed by atoms with van der Waals surface area (Å²) in [7, 11) is 1.69. The first-order valence-electron chi connectivity index (χ1n) is 10.3. The lowest BCUT2D eigenvalue weighted by Gasteiger charge is -2.24. The molecule has 0 bridgehead atoms. The zero-order valence-electron chi connectivity index (χ0n) is 17.7. The predicted molar refractivity (Wildman–Crippen MR) is 118 cm³/mol. The van der Waals surface area contributed by atoms with Crippen LogP contribution in [-0.2, 0) is 4.74 Å². The van der Waals surface area contributed by atoms with Gasteiger partial charge < -0.3 is 9.47 Å². The van der Waals surface area contributed by atoms with Crippen LogP contribution in [0.5, 0.6) is 5.75 Å². The Morgan fingerprint density at radius 2 is 1.46 bits per heavy atom. The molecule has 0 N–H and O–H groups in total. The fourth-order valence-corrected chi connectivity index (χ4v) is 3.91. The molecule has 0 saturated heterocycles. The third-order valence-electron chi connectivity index (χ3n) is 5.37. The van der Waals surface area contributed by atoms with Crippen molar-refractivity contribution in [3.63, 3.8) is 0 Å². The molecule has 28 heavy (non-hydrogen) atoms. The molecule has 0 aliphatic carbocycles. The zero-order chi connectivity index (χ0) is 20.1. The second kappa shape index (κ2) is 9.25. The van der Waals surface area contributed by atoms with E-state index >= 15 is 0 Å². The molecule has 3 rings (SSSR count). The highest BCUT2D eigenvalue weighted by atomic mass is 16.7. The summed E-state index contributed by atoms with van der Waals surface area (Å²) in [4.78, 5) is 0. The Balaban J connectivity index is 1.82. The van der Waals surface area contributed by atoms with Crippen LogP contribution in [0, 0.1) is 11.8 Å². The van der Waals surface area contributed by atoms with Crippen molar-refractivity contribution in [2.45, 2.75) is 46.3 Å². The van der Waals surface area contributed by atoms with E-state index in [2.05, 4.69) is 88.4 Å². The van der Waals surface area contributed by atoms with E-state index < -0.39 is 6.29 Å². The van der Waals surface area contributed by atoms with Crippen LogP contribution in [0.15, 0.2) is 66.7 Å². The average Bonchev–Trinajstić information content (AvgIpc) is 2.70. The van der Waals surface area contributed by atoms with E-state index in [9.17, 15) is 0 Å². The Morgan fingerprint density at radius 3 is 2.11 bits per heavy atom. The first-order valence-corrected chi connectivity index (χ1v) is 10.3. The summed E-state index contributed by atoms with van der Waals surface area (Å²) in [6, 6.07) is 23.1. The van der Waals surface area contributed by atoms with E-state index in [0.29, 0.717) is 17.8 Å². The van der Waals surface area contributed by atoms with Crippen LogP contribution in [0.25, 0.3) is 10.8 Å². The maximum absolute atomic E-state index is 6.21. The van der Waals surface area contributed by atoms with Crippen LogP contribution in [-0.4, -0.2) is 7.11 Å². The maximum Gasteiger partial charge on any atom is 0.227 e. The SMILES string of the molecule is COC(Oc1ccc(C(CC(C)C)C(C)C)cc1)c1cccc2ccccc12. The second-order valence-electron chi connectivity index (χ2n) is 8.30. The molecule has 2 atom stereocenters. The number of hydrogen-bond donors (Lipinski definition) is 0. The van der Waals surface area contributed by atoms with Gasteiger partial charge in [-0.3, -0.25) is 0 Å². The maximum atomic E-state index is 6.21. The van der Waals surface area contributed by atoms with Gasteiger partial charge in [-0.15, -0.1) is 0 Å². The standard InChI is InChI=1S/C26H32O2/c1-18(2)17-25(19(3)4)21-13-15-22(16-14-21)28-26(27-5)24-12-8-10-20-9-6-7-11-23(20)24/h6-16,18-19,25-26H,17H2,1-5H3. The van der Waals surface area contributed by atoms with Gasteiger partial charge in [0.05, 0.1) is 0 Å². The largest absolute Gasteiger partial charge is 0.461 e. The van der Waals surface area contributed by atoms with Crippen LogP contribution in [0.3, 0.4) is 0 Å². The lowest BCUT2D eigenvalue weighted by atomic mass is 9.82. The van der Waals surface area contributed by atoms with Crippen molar-refractivity contribution in [1.82, 2.24) is 0 Å². The molecule has 0 amide bonds. The molecule has 2 heteroatoms. The van der Waals surface area contributed by atoms with Crippen LogP contribution < -0.4 is 4.74 Å². The van der Waals surface area contributed by atoms with Gasteiger partial charge in [0.2, 0.25) is 6.29 Å². The summed E-state index contributed by atoms with van der Waals surface area (Å²) >= 11 is 0. The van der Waals surface area contributed by atoms with Crippen LogP contribution >= 0.6 is 0 Å². The number of fused-ring (bicyclic) bond motifs is 1. The quantitative estimate of drug-likeness (QED) is 0.383. The van der Waals surface area contributed by atoms with Gasteiger partial charge in [-0.05, 0) is 52.6 Å². The van der Waals surface area contributed by atoms with E-state index in [1.165, 1.54) is 17.4 Å². The molecule has 0 aliphatic heterocycles. The minimum Gasteiger partial charge on any atom is -0.461 e. The van der Waals surface area contributed by atoms with Crippen LogP contribution in [0.4, 0.5) is 0 Å². The van der Waals surface area contributed by atoms with Gasteiger partial charge in [0.25, 0.3) is 0 Å². The molecule has 0 aromatic heterocycles. The first kappa shape index (κ1) is 20.4. The van der Waals surface area contributed by atoms with Crippen LogP contribution in [0.1, 0.15) is 57.5 Å². The van der Waals surface area contributed by atoms with Gasteiger partial charge in [-0.25, -0.2) is 0 Å². The summed E-state index contributed by atoms with van der Waals surface area (Å²) in [5.74, 6) is 2.71. The zero-order valence-corrected chi connectivity index (χ0v) is 17.7. The molecular formula is C26H32O2. The molecule has 0 radical (unpaired) electrons. The van der Waals surface area contributed by atoms with Gasteiger partial charge in [0.15, 0.2) is 0 Å². The summed E-state index contributed by atoms with van der Waals surface area (Å²) in [6.07, 6.45) is 0.766. The van der Waals surface area contributed by atoms with Crippen molar-refractivity contribution >= 4 is 10.8 Å². The van der Waals surface area contributed by atoms with Crippen molar-refractivity contribution < 1.29 is 9.47 Å². The molecule has 148 valence electrons. The van der Waals surface area contributed by atoms with Gasteiger partial charge in [0, 0.05) is 12.7 Å². The third kappa shape index (κ3) is 4.74. The highest BCUT2D eigenvalue weighted by Crippen LogP contribution is 2.33. The van der Waals surface area contributed by atoms with Crippen LogP contribution in [0.2, 0.25) is 0 Å². The van der Waals surface area contributed by atoms with Gasteiger partial charge in [0.1, 0.15) is 5.75 Å². The minimum atomic E-state index is -0.437. The van der Waals surface area contributed by atoms with Gasteiger partial charge in [-0.1, -0.05) is 82.3 Å². The lowest BCUT2D eigenvalue weighted by molar-refractivity contribution is -0.0552. The minimum absolute atomic E-state index is 0.437. The summed E-state index contributed by atoms with van der Waals surface area (Å²) < 4.78 is 11.9. The molecule has 2 nitrogen and oxygen atoms in total. The number of rotatable bonds is 8. The Kier molecular flexibility index (Phi) is 6.74. The second-order valence-corrected chi connectivity index (χ2v) is 8.30. The highest BCUT2D eigenvalue weighted by molar-refractivity contribution is 5.85. The Labute approximate surface area is 169 Å². The summed E-state index contributed by atoms with van der Waals surface area (Å²) in [5, 5.41) is 2.35.